The van der Waals surface area contributed by atoms with Crippen molar-refractivity contribution < 1.29 is 18.5 Å². The predicted molar refractivity (Wildman–Crippen MR) is 93.1 cm³/mol. The van der Waals surface area contributed by atoms with Crippen molar-refractivity contribution in [3.05, 3.63) is 65.4 Å². The lowest BCUT2D eigenvalue weighted by molar-refractivity contribution is -0.134. The number of aliphatic hydroxyl groups excluding tert-OH is 1. The average Bonchev–Trinajstić information content (AvgIpc) is 3.39. The van der Waals surface area contributed by atoms with Crippen molar-refractivity contribution in [3.63, 3.8) is 0 Å². The Morgan fingerprint density at radius 1 is 1.33 bits per heavy atom. The molecule has 0 aliphatic carbocycles. The van der Waals surface area contributed by atoms with Gasteiger partial charge in [0.25, 0.3) is 0 Å². The van der Waals surface area contributed by atoms with Crippen LogP contribution in [0.3, 0.4) is 0 Å². The first-order valence-corrected chi connectivity index (χ1v) is 9.32. The standard InChI is InChI=1S/C17H16FN5O3S/c18-14-4-2-1-3-12(14)13(10-24)17(25)22-7-11-8-23(21-15(11)9-22)27(26)16-5-6-19-20-16/h1-6,8,13,24H,7,9-10H2,(H,19,20). The Labute approximate surface area is 156 Å². The maximum Gasteiger partial charge on any atom is 0.233 e. The molecule has 0 saturated heterocycles. The first-order valence-electron chi connectivity index (χ1n) is 8.21. The zero-order valence-electron chi connectivity index (χ0n) is 14.1. The SMILES string of the molecule is O=C(C(CO)c1ccccc1F)N1Cc2cn(S(=O)c3ccn[nH]3)nc2C1. The summed E-state index contributed by atoms with van der Waals surface area (Å²) in [5.41, 5.74) is 1.56. The number of aromatic nitrogens is 4. The number of aliphatic hydroxyl groups is 1. The highest BCUT2D eigenvalue weighted by molar-refractivity contribution is 7.83. The van der Waals surface area contributed by atoms with Crippen LogP contribution in [0.25, 0.3) is 0 Å². The van der Waals surface area contributed by atoms with E-state index in [1.54, 1.807) is 18.3 Å². The number of H-pyrrole nitrogens is 1. The van der Waals surface area contributed by atoms with E-state index in [0.29, 0.717) is 10.7 Å². The number of rotatable bonds is 5. The Balaban J connectivity index is 1.51. The molecule has 0 radical (unpaired) electrons. The van der Waals surface area contributed by atoms with Crippen LogP contribution in [0.4, 0.5) is 4.39 Å². The van der Waals surface area contributed by atoms with Crippen molar-refractivity contribution in [3.8, 4) is 0 Å². The molecule has 2 atom stereocenters. The summed E-state index contributed by atoms with van der Waals surface area (Å²) in [5, 5.41) is 20.8. The third kappa shape index (κ3) is 3.17. The summed E-state index contributed by atoms with van der Waals surface area (Å²) in [6.45, 7) is -0.0106. The molecule has 2 unspecified atom stereocenters. The Hall–Kier alpha value is -2.85. The molecule has 0 fully saturated rings. The lowest BCUT2D eigenvalue weighted by Crippen LogP contribution is -2.33. The van der Waals surface area contributed by atoms with Crippen LogP contribution in [0.1, 0.15) is 22.7 Å². The molecule has 2 N–H and O–H groups in total. The number of carbonyl (C=O) groups is 1. The fourth-order valence-electron chi connectivity index (χ4n) is 3.10. The van der Waals surface area contributed by atoms with E-state index < -0.39 is 29.3 Å². The fraction of sp³-hybridized carbons (Fsp3) is 0.235. The van der Waals surface area contributed by atoms with Gasteiger partial charge in [0, 0.05) is 23.9 Å². The van der Waals surface area contributed by atoms with Gasteiger partial charge < -0.3 is 10.0 Å². The molecule has 10 heteroatoms. The molecular formula is C17H16FN5O3S. The number of fused-ring (bicyclic) bond motifs is 1. The molecule has 3 aromatic rings. The number of amides is 1. The predicted octanol–water partition coefficient (Wildman–Crippen LogP) is 0.934. The third-order valence-electron chi connectivity index (χ3n) is 4.46. The molecular weight excluding hydrogens is 373 g/mol. The van der Waals surface area contributed by atoms with Gasteiger partial charge in [-0.05, 0) is 12.1 Å². The Morgan fingerprint density at radius 2 is 2.15 bits per heavy atom. The molecule has 2 aromatic heterocycles. The molecule has 0 saturated carbocycles. The number of nitrogens with one attached hydrogen (secondary N) is 1. The first kappa shape index (κ1) is 17.6. The molecule has 27 heavy (non-hydrogen) atoms. The van der Waals surface area contributed by atoms with E-state index in [1.165, 1.54) is 33.4 Å². The van der Waals surface area contributed by atoms with Gasteiger partial charge in [-0.2, -0.15) is 14.3 Å². The largest absolute Gasteiger partial charge is 0.395 e. The van der Waals surface area contributed by atoms with Crippen LogP contribution in [0, 0.1) is 5.82 Å². The summed E-state index contributed by atoms with van der Waals surface area (Å²) in [5.74, 6) is -1.87. The molecule has 1 amide bonds. The number of hydrogen-bond donors (Lipinski definition) is 2. The minimum absolute atomic E-state index is 0.167. The van der Waals surface area contributed by atoms with Crippen LogP contribution < -0.4 is 0 Å². The minimum atomic E-state index is -1.54. The third-order valence-corrected chi connectivity index (χ3v) is 5.59. The second-order valence-electron chi connectivity index (χ2n) is 6.12. The maximum atomic E-state index is 14.0. The molecule has 4 rings (SSSR count). The fourth-order valence-corrected chi connectivity index (χ4v) is 4.00. The summed E-state index contributed by atoms with van der Waals surface area (Å²) in [6.07, 6.45) is 3.12. The summed E-state index contributed by atoms with van der Waals surface area (Å²) in [6, 6.07) is 7.52. The number of nitrogens with zero attached hydrogens (tertiary/aromatic N) is 4. The average molecular weight is 389 g/mol. The topological polar surface area (TPSA) is 104 Å². The van der Waals surface area contributed by atoms with Gasteiger partial charge in [-0.3, -0.25) is 9.89 Å². The lowest BCUT2D eigenvalue weighted by Gasteiger charge is -2.22. The van der Waals surface area contributed by atoms with Crippen molar-refractivity contribution in [1.29, 1.82) is 0 Å². The van der Waals surface area contributed by atoms with Gasteiger partial charge in [0.1, 0.15) is 10.8 Å². The highest BCUT2D eigenvalue weighted by atomic mass is 32.2. The number of aromatic amines is 1. The van der Waals surface area contributed by atoms with Crippen LogP contribution in [-0.4, -0.2) is 46.1 Å². The Morgan fingerprint density at radius 3 is 2.81 bits per heavy atom. The number of hydrogen-bond acceptors (Lipinski definition) is 5. The van der Waals surface area contributed by atoms with Crippen molar-refractivity contribution >= 4 is 16.9 Å². The second-order valence-corrected chi connectivity index (χ2v) is 7.44. The molecule has 0 spiro atoms. The molecule has 3 heterocycles. The number of halogens is 1. The normalized spacial score (nSPS) is 15.6. The molecule has 1 aromatic carbocycles. The van der Waals surface area contributed by atoms with E-state index in [0.717, 1.165) is 5.56 Å². The summed E-state index contributed by atoms with van der Waals surface area (Å²) >= 11 is 0. The van der Waals surface area contributed by atoms with Crippen LogP contribution >= 0.6 is 0 Å². The van der Waals surface area contributed by atoms with Gasteiger partial charge in [0.05, 0.1) is 31.0 Å². The van der Waals surface area contributed by atoms with Gasteiger partial charge in [0.2, 0.25) is 5.91 Å². The smallest absolute Gasteiger partial charge is 0.233 e. The van der Waals surface area contributed by atoms with Gasteiger partial charge in [-0.1, -0.05) is 18.2 Å². The highest BCUT2D eigenvalue weighted by Crippen LogP contribution is 2.28. The highest BCUT2D eigenvalue weighted by Gasteiger charge is 2.33. The van der Waals surface area contributed by atoms with Crippen LogP contribution in [0.5, 0.6) is 0 Å². The molecule has 0 bridgehead atoms. The lowest BCUT2D eigenvalue weighted by atomic mass is 9.98. The molecule has 1 aliphatic rings. The first-order chi connectivity index (χ1) is 13.1. The van der Waals surface area contributed by atoms with E-state index in [4.69, 9.17) is 0 Å². The zero-order chi connectivity index (χ0) is 19.0. The van der Waals surface area contributed by atoms with Crippen LogP contribution in [-0.2, 0) is 28.9 Å². The van der Waals surface area contributed by atoms with E-state index in [1.807, 2.05) is 0 Å². The molecule has 1 aliphatic heterocycles. The summed E-state index contributed by atoms with van der Waals surface area (Å²) in [7, 11) is -1.54. The minimum Gasteiger partial charge on any atom is -0.395 e. The van der Waals surface area contributed by atoms with Gasteiger partial charge in [-0.15, -0.1) is 0 Å². The second kappa shape index (κ2) is 7.05. The van der Waals surface area contributed by atoms with Gasteiger partial charge in [0.15, 0.2) is 11.0 Å². The van der Waals surface area contributed by atoms with E-state index in [9.17, 15) is 18.5 Å². The number of carbonyl (C=O) groups excluding carboxylic acids is 1. The maximum absolute atomic E-state index is 14.0. The zero-order valence-corrected chi connectivity index (χ0v) is 14.9. The number of benzene rings is 1. The van der Waals surface area contributed by atoms with Crippen LogP contribution in [0.15, 0.2) is 47.8 Å². The van der Waals surface area contributed by atoms with Crippen molar-refractivity contribution in [2.24, 2.45) is 0 Å². The van der Waals surface area contributed by atoms with E-state index in [-0.39, 0.29) is 24.6 Å². The van der Waals surface area contributed by atoms with Gasteiger partial charge >= 0.3 is 0 Å². The molecule has 140 valence electrons. The Kier molecular flexibility index (Phi) is 4.58. The molecule has 8 nitrogen and oxygen atoms in total. The van der Waals surface area contributed by atoms with Crippen molar-refractivity contribution in [1.82, 2.24) is 24.3 Å². The summed E-state index contributed by atoms with van der Waals surface area (Å²) in [4.78, 5) is 14.3. The van der Waals surface area contributed by atoms with E-state index >= 15 is 0 Å². The summed E-state index contributed by atoms with van der Waals surface area (Å²) < 4.78 is 27.7. The van der Waals surface area contributed by atoms with Crippen molar-refractivity contribution in [2.45, 2.75) is 24.0 Å². The van der Waals surface area contributed by atoms with Gasteiger partial charge in [-0.25, -0.2) is 8.60 Å². The van der Waals surface area contributed by atoms with Crippen LogP contribution in [0.2, 0.25) is 0 Å². The Bertz CT molecular complexity index is 980. The van der Waals surface area contributed by atoms with Crippen molar-refractivity contribution in [2.75, 3.05) is 6.61 Å². The quantitative estimate of drug-likeness (QED) is 0.676. The van der Waals surface area contributed by atoms with E-state index in [2.05, 4.69) is 15.3 Å². The monoisotopic (exact) mass is 389 g/mol.